The van der Waals surface area contributed by atoms with Gasteiger partial charge in [0.05, 0.1) is 0 Å². The molecule has 0 aliphatic rings. The molecule has 0 unspecified atom stereocenters. The Morgan fingerprint density at radius 2 is 2.00 bits per heavy atom. The Labute approximate surface area is 150 Å². The van der Waals surface area contributed by atoms with Crippen LogP contribution in [0.15, 0.2) is 48.5 Å². The van der Waals surface area contributed by atoms with E-state index in [1.807, 2.05) is 18.2 Å². The number of carbonyl (C=O) groups excluding carboxylic acids is 1. The zero-order chi connectivity index (χ0) is 17.4. The van der Waals surface area contributed by atoms with Crippen LogP contribution >= 0.6 is 23.4 Å². The van der Waals surface area contributed by atoms with E-state index in [1.54, 1.807) is 31.2 Å². The normalized spacial score (nSPS) is 11.8. The number of nitrogens with one attached hydrogen (secondary N) is 1. The lowest BCUT2D eigenvalue weighted by Gasteiger charge is -2.14. The van der Waals surface area contributed by atoms with Crippen LogP contribution in [0.4, 0.5) is 4.39 Å². The van der Waals surface area contributed by atoms with Crippen molar-refractivity contribution in [1.29, 1.82) is 0 Å². The molecule has 0 spiro atoms. The fraction of sp³-hybridized carbons (Fsp3) is 0.278. The first-order chi connectivity index (χ1) is 11.6. The first-order valence-corrected chi connectivity index (χ1v) is 9.11. The average molecular weight is 368 g/mol. The molecule has 2 aromatic carbocycles. The highest BCUT2D eigenvalue weighted by Gasteiger charge is 2.14. The number of para-hydroxylation sites is 1. The Morgan fingerprint density at radius 3 is 2.71 bits per heavy atom. The molecule has 0 radical (unpaired) electrons. The second-order valence-corrected chi connectivity index (χ2v) is 6.63. The summed E-state index contributed by atoms with van der Waals surface area (Å²) < 4.78 is 19.2. The molecule has 0 saturated carbocycles. The summed E-state index contributed by atoms with van der Waals surface area (Å²) in [6.45, 7) is 2.19. The van der Waals surface area contributed by atoms with Crippen LogP contribution in [0.2, 0.25) is 5.02 Å². The van der Waals surface area contributed by atoms with Crippen LogP contribution in [0.3, 0.4) is 0 Å². The van der Waals surface area contributed by atoms with Gasteiger partial charge in [-0.15, -0.1) is 0 Å². The fourth-order valence-electron chi connectivity index (χ4n) is 1.99. The van der Waals surface area contributed by atoms with Crippen molar-refractivity contribution in [3.8, 4) is 5.75 Å². The van der Waals surface area contributed by atoms with Crippen molar-refractivity contribution in [2.45, 2.75) is 18.8 Å². The maximum absolute atomic E-state index is 13.6. The summed E-state index contributed by atoms with van der Waals surface area (Å²) in [6, 6.07) is 13.8. The van der Waals surface area contributed by atoms with Crippen LogP contribution in [0, 0.1) is 5.82 Å². The van der Waals surface area contributed by atoms with E-state index >= 15 is 0 Å². The van der Waals surface area contributed by atoms with Crippen LogP contribution in [0.25, 0.3) is 0 Å². The zero-order valence-corrected chi connectivity index (χ0v) is 14.9. The molecule has 1 atom stereocenters. The van der Waals surface area contributed by atoms with Crippen molar-refractivity contribution < 1.29 is 13.9 Å². The summed E-state index contributed by atoms with van der Waals surface area (Å²) >= 11 is 7.48. The van der Waals surface area contributed by atoms with E-state index in [4.69, 9.17) is 16.3 Å². The van der Waals surface area contributed by atoms with Gasteiger partial charge in [-0.3, -0.25) is 4.79 Å². The maximum atomic E-state index is 13.6. The van der Waals surface area contributed by atoms with Crippen molar-refractivity contribution in [1.82, 2.24) is 5.32 Å². The van der Waals surface area contributed by atoms with E-state index in [2.05, 4.69) is 5.32 Å². The SMILES string of the molecule is C[C@H](Oc1ccccc1)C(=O)NCCSCc1c(F)cccc1Cl. The predicted molar refractivity (Wildman–Crippen MR) is 97.1 cm³/mol. The molecule has 0 heterocycles. The Bertz CT molecular complexity index is 649. The quantitative estimate of drug-likeness (QED) is 0.707. The Morgan fingerprint density at radius 1 is 1.25 bits per heavy atom. The average Bonchev–Trinajstić information content (AvgIpc) is 2.57. The number of benzene rings is 2. The minimum Gasteiger partial charge on any atom is -0.481 e. The molecule has 0 fully saturated rings. The molecule has 6 heteroatoms. The van der Waals surface area contributed by atoms with Crippen molar-refractivity contribution >= 4 is 29.3 Å². The van der Waals surface area contributed by atoms with E-state index in [1.165, 1.54) is 17.8 Å². The molecule has 128 valence electrons. The number of carbonyl (C=O) groups is 1. The molecule has 0 aromatic heterocycles. The topological polar surface area (TPSA) is 38.3 Å². The van der Waals surface area contributed by atoms with Crippen molar-refractivity contribution in [2.75, 3.05) is 12.3 Å². The standard InChI is InChI=1S/C18H19ClFNO2S/c1-13(23-14-6-3-2-4-7-14)18(22)21-10-11-24-12-15-16(19)8-5-9-17(15)20/h2-9,13H,10-12H2,1H3,(H,21,22)/t13-/m0/s1. The molecular weight excluding hydrogens is 349 g/mol. The van der Waals surface area contributed by atoms with Gasteiger partial charge in [0.1, 0.15) is 11.6 Å². The molecule has 3 nitrogen and oxygen atoms in total. The molecular formula is C18H19ClFNO2S. The Hall–Kier alpha value is -1.72. The summed E-state index contributed by atoms with van der Waals surface area (Å²) in [7, 11) is 0. The molecule has 0 bridgehead atoms. The predicted octanol–water partition coefficient (Wildman–Crippen LogP) is 4.30. The molecule has 24 heavy (non-hydrogen) atoms. The summed E-state index contributed by atoms with van der Waals surface area (Å²) in [4.78, 5) is 12.0. The largest absolute Gasteiger partial charge is 0.481 e. The molecule has 2 aromatic rings. The van der Waals surface area contributed by atoms with Crippen LogP contribution in [0.1, 0.15) is 12.5 Å². The summed E-state index contributed by atoms with van der Waals surface area (Å²) in [5, 5.41) is 3.23. The molecule has 2 rings (SSSR count). The van der Waals surface area contributed by atoms with E-state index in [-0.39, 0.29) is 11.7 Å². The highest BCUT2D eigenvalue weighted by Crippen LogP contribution is 2.23. The number of amides is 1. The second-order valence-electron chi connectivity index (χ2n) is 5.12. The lowest BCUT2D eigenvalue weighted by Crippen LogP contribution is -2.37. The minimum atomic E-state index is -0.571. The maximum Gasteiger partial charge on any atom is 0.260 e. The first-order valence-electron chi connectivity index (χ1n) is 7.58. The van der Waals surface area contributed by atoms with Gasteiger partial charge in [0.25, 0.3) is 5.91 Å². The van der Waals surface area contributed by atoms with Gasteiger partial charge < -0.3 is 10.1 Å². The van der Waals surface area contributed by atoms with E-state index in [9.17, 15) is 9.18 Å². The lowest BCUT2D eigenvalue weighted by atomic mass is 10.2. The minimum absolute atomic E-state index is 0.177. The van der Waals surface area contributed by atoms with Crippen molar-refractivity contribution in [2.24, 2.45) is 0 Å². The lowest BCUT2D eigenvalue weighted by molar-refractivity contribution is -0.127. The van der Waals surface area contributed by atoms with Gasteiger partial charge in [0.15, 0.2) is 6.10 Å². The van der Waals surface area contributed by atoms with Gasteiger partial charge in [-0.2, -0.15) is 11.8 Å². The van der Waals surface area contributed by atoms with Gasteiger partial charge in [0.2, 0.25) is 0 Å². The van der Waals surface area contributed by atoms with Crippen LogP contribution in [0.5, 0.6) is 5.75 Å². The van der Waals surface area contributed by atoms with Crippen LogP contribution in [-0.2, 0) is 10.5 Å². The molecule has 1 N–H and O–H groups in total. The van der Waals surface area contributed by atoms with Gasteiger partial charge in [-0.1, -0.05) is 35.9 Å². The monoisotopic (exact) mass is 367 g/mol. The number of thioether (sulfide) groups is 1. The first kappa shape index (κ1) is 18.6. The van der Waals surface area contributed by atoms with Gasteiger partial charge in [-0.05, 0) is 31.2 Å². The van der Waals surface area contributed by atoms with Crippen molar-refractivity contribution in [3.63, 3.8) is 0 Å². The Balaban J connectivity index is 1.67. The highest BCUT2D eigenvalue weighted by atomic mass is 35.5. The number of halogens is 2. The number of hydrogen-bond donors (Lipinski definition) is 1. The summed E-state index contributed by atoms with van der Waals surface area (Å²) in [5.74, 6) is 1.31. The fourth-order valence-corrected chi connectivity index (χ4v) is 3.19. The number of hydrogen-bond acceptors (Lipinski definition) is 3. The third kappa shape index (κ3) is 5.73. The zero-order valence-electron chi connectivity index (χ0n) is 13.3. The van der Waals surface area contributed by atoms with E-state index < -0.39 is 6.10 Å². The summed E-state index contributed by atoms with van der Waals surface area (Å²) in [5.41, 5.74) is 0.497. The smallest absolute Gasteiger partial charge is 0.260 e. The highest BCUT2D eigenvalue weighted by molar-refractivity contribution is 7.98. The third-order valence-electron chi connectivity index (χ3n) is 3.28. The van der Waals surface area contributed by atoms with Gasteiger partial charge in [0, 0.05) is 28.6 Å². The van der Waals surface area contributed by atoms with Crippen molar-refractivity contribution in [3.05, 3.63) is 64.9 Å². The van der Waals surface area contributed by atoms with E-state index in [0.29, 0.717) is 34.4 Å². The van der Waals surface area contributed by atoms with Crippen LogP contribution in [-0.4, -0.2) is 24.3 Å². The number of ether oxygens (including phenoxy) is 1. The molecule has 0 aliphatic heterocycles. The van der Waals surface area contributed by atoms with E-state index in [0.717, 1.165) is 0 Å². The summed E-state index contributed by atoms with van der Waals surface area (Å²) in [6.07, 6.45) is -0.571. The second kappa shape index (κ2) is 9.55. The molecule has 1 amide bonds. The molecule has 0 aliphatic carbocycles. The van der Waals surface area contributed by atoms with Gasteiger partial charge >= 0.3 is 0 Å². The van der Waals surface area contributed by atoms with Gasteiger partial charge in [-0.25, -0.2) is 4.39 Å². The Kier molecular flexibility index (Phi) is 7.40. The third-order valence-corrected chi connectivity index (χ3v) is 4.62. The molecule has 0 saturated heterocycles. The number of rotatable bonds is 8. The van der Waals surface area contributed by atoms with Crippen LogP contribution < -0.4 is 10.1 Å².